The second-order valence-electron chi connectivity index (χ2n) is 3.39. The van der Waals surface area contributed by atoms with Crippen LogP contribution in [0.2, 0.25) is 0 Å². The summed E-state index contributed by atoms with van der Waals surface area (Å²) in [5.74, 6) is -0.00703. The summed E-state index contributed by atoms with van der Waals surface area (Å²) < 4.78 is 5.18. The lowest BCUT2D eigenvalue weighted by molar-refractivity contribution is -0.136. The highest BCUT2D eigenvalue weighted by Crippen LogP contribution is 2.21. The average molecular weight is 208 g/mol. The van der Waals surface area contributed by atoms with Crippen LogP contribution in [0.15, 0.2) is 18.2 Å². The number of rotatable bonds is 5. The van der Waals surface area contributed by atoms with Crippen LogP contribution in [0, 0.1) is 0 Å². The maximum Gasteiger partial charge on any atom is 0.303 e. The Bertz CT molecular complexity index is 345. The number of carboxylic acid groups (broad SMARTS) is 1. The third-order valence-corrected chi connectivity index (χ3v) is 2.36. The predicted octanol–water partition coefficient (Wildman–Crippen LogP) is 2.27. The van der Waals surface area contributed by atoms with Crippen LogP contribution in [0.1, 0.15) is 24.5 Å². The fraction of sp³-hybridized carbons (Fsp3) is 0.417. The second-order valence-corrected chi connectivity index (χ2v) is 3.39. The van der Waals surface area contributed by atoms with E-state index in [1.54, 1.807) is 7.11 Å². The van der Waals surface area contributed by atoms with Gasteiger partial charge >= 0.3 is 5.97 Å². The summed E-state index contributed by atoms with van der Waals surface area (Å²) in [6.45, 7) is 2.07. The van der Waals surface area contributed by atoms with Gasteiger partial charge in [0, 0.05) is 6.42 Å². The molecule has 0 bridgehead atoms. The van der Waals surface area contributed by atoms with Crippen LogP contribution in [0.3, 0.4) is 0 Å². The van der Waals surface area contributed by atoms with Gasteiger partial charge in [-0.05, 0) is 30.0 Å². The number of carbonyl (C=O) groups is 1. The zero-order valence-corrected chi connectivity index (χ0v) is 9.12. The highest BCUT2D eigenvalue weighted by atomic mass is 16.5. The van der Waals surface area contributed by atoms with Crippen molar-refractivity contribution >= 4 is 5.97 Å². The molecule has 0 amide bonds. The van der Waals surface area contributed by atoms with Crippen molar-refractivity contribution in [2.45, 2.75) is 26.2 Å². The van der Waals surface area contributed by atoms with Crippen molar-refractivity contribution in [3.8, 4) is 5.75 Å². The molecule has 0 spiro atoms. The number of ether oxygens (including phenoxy) is 1. The first-order chi connectivity index (χ1) is 7.17. The molecule has 1 aromatic carbocycles. The molecule has 0 fully saturated rings. The molecule has 3 heteroatoms. The first-order valence-corrected chi connectivity index (χ1v) is 5.05. The summed E-state index contributed by atoms with van der Waals surface area (Å²) in [4.78, 5) is 10.5. The fourth-order valence-electron chi connectivity index (χ4n) is 1.49. The van der Waals surface area contributed by atoms with Crippen LogP contribution in [-0.4, -0.2) is 18.2 Å². The number of benzene rings is 1. The first-order valence-electron chi connectivity index (χ1n) is 5.05. The Kier molecular flexibility index (Phi) is 4.16. The smallest absolute Gasteiger partial charge is 0.303 e. The molecular weight excluding hydrogens is 192 g/mol. The first kappa shape index (κ1) is 11.6. The molecule has 1 rings (SSSR count). The molecule has 0 aromatic heterocycles. The maximum atomic E-state index is 10.5. The van der Waals surface area contributed by atoms with E-state index in [4.69, 9.17) is 9.84 Å². The van der Waals surface area contributed by atoms with Crippen LogP contribution in [0.25, 0.3) is 0 Å². The largest absolute Gasteiger partial charge is 0.496 e. The van der Waals surface area contributed by atoms with Crippen molar-refractivity contribution in [3.63, 3.8) is 0 Å². The number of methoxy groups -OCH3 is 1. The van der Waals surface area contributed by atoms with Gasteiger partial charge in [-0.25, -0.2) is 0 Å². The van der Waals surface area contributed by atoms with Crippen LogP contribution < -0.4 is 4.74 Å². The normalized spacial score (nSPS) is 10.0. The van der Waals surface area contributed by atoms with Gasteiger partial charge in [-0.15, -0.1) is 0 Å². The standard InChI is InChI=1S/C12H16O3/c1-3-9-4-6-11(15-2)10(8-9)5-7-12(13)14/h4,6,8H,3,5,7H2,1-2H3,(H,13,14). The van der Waals surface area contributed by atoms with Gasteiger partial charge in [-0.3, -0.25) is 4.79 Å². The van der Waals surface area contributed by atoms with Crippen molar-refractivity contribution in [3.05, 3.63) is 29.3 Å². The summed E-state index contributed by atoms with van der Waals surface area (Å²) in [6.07, 6.45) is 1.61. The average Bonchev–Trinajstić information content (AvgIpc) is 2.25. The minimum absolute atomic E-state index is 0.142. The third-order valence-electron chi connectivity index (χ3n) is 2.36. The molecule has 0 atom stereocenters. The van der Waals surface area contributed by atoms with E-state index in [2.05, 4.69) is 6.92 Å². The van der Waals surface area contributed by atoms with Crippen LogP contribution in [0.5, 0.6) is 5.75 Å². The molecule has 0 aliphatic heterocycles. The predicted molar refractivity (Wildman–Crippen MR) is 58.3 cm³/mol. The minimum atomic E-state index is -0.779. The molecule has 0 aliphatic carbocycles. The van der Waals surface area contributed by atoms with Crippen LogP contribution in [-0.2, 0) is 17.6 Å². The van der Waals surface area contributed by atoms with E-state index < -0.39 is 5.97 Å². The van der Waals surface area contributed by atoms with Crippen molar-refractivity contribution in [1.29, 1.82) is 0 Å². The molecule has 82 valence electrons. The molecule has 0 aliphatic rings. The monoisotopic (exact) mass is 208 g/mol. The Labute approximate surface area is 89.7 Å². The zero-order valence-electron chi connectivity index (χ0n) is 9.12. The Balaban J connectivity index is 2.85. The maximum absolute atomic E-state index is 10.5. The molecule has 0 saturated carbocycles. The number of aryl methyl sites for hydroxylation is 2. The molecular formula is C12H16O3. The summed E-state index contributed by atoms with van der Waals surface area (Å²) in [6, 6.07) is 5.92. The van der Waals surface area contributed by atoms with Crippen molar-refractivity contribution in [1.82, 2.24) is 0 Å². The van der Waals surface area contributed by atoms with Gasteiger partial charge in [0.15, 0.2) is 0 Å². The number of hydrogen-bond acceptors (Lipinski definition) is 2. The van der Waals surface area contributed by atoms with Gasteiger partial charge in [0.1, 0.15) is 5.75 Å². The van der Waals surface area contributed by atoms with Gasteiger partial charge in [0.2, 0.25) is 0 Å². The lowest BCUT2D eigenvalue weighted by Gasteiger charge is -2.09. The van der Waals surface area contributed by atoms with Gasteiger partial charge in [-0.1, -0.05) is 19.1 Å². The zero-order chi connectivity index (χ0) is 11.3. The minimum Gasteiger partial charge on any atom is -0.496 e. The van der Waals surface area contributed by atoms with E-state index >= 15 is 0 Å². The molecule has 1 aromatic rings. The Hall–Kier alpha value is -1.51. The van der Waals surface area contributed by atoms with Crippen LogP contribution in [0.4, 0.5) is 0 Å². The molecule has 0 radical (unpaired) electrons. The van der Waals surface area contributed by atoms with Crippen molar-refractivity contribution in [2.75, 3.05) is 7.11 Å². The SMILES string of the molecule is CCc1ccc(OC)c(CCC(=O)O)c1. The van der Waals surface area contributed by atoms with Crippen molar-refractivity contribution in [2.24, 2.45) is 0 Å². The second kappa shape index (κ2) is 5.39. The van der Waals surface area contributed by atoms with Crippen LogP contribution >= 0.6 is 0 Å². The molecule has 3 nitrogen and oxygen atoms in total. The highest BCUT2D eigenvalue weighted by Gasteiger charge is 2.06. The van der Waals surface area contributed by atoms with Crippen molar-refractivity contribution < 1.29 is 14.6 Å². The van der Waals surface area contributed by atoms with E-state index in [-0.39, 0.29) is 6.42 Å². The fourth-order valence-corrected chi connectivity index (χ4v) is 1.49. The van der Waals surface area contributed by atoms with Gasteiger partial charge in [-0.2, -0.15) is 0 Å². The number of hydrogen-bond donors (Lipinski definition) is 1. The molecule has 1 N–H and O–H groups in total. The van der Waals surface area contributed by atoms with E-state index in [9.17, 15) is 4.79 Å². The Morgan fingerprint density at radius 3 is 2.73 bits per heavy atom. The summed E-state index contributed by atoms with van der Waals surface area (Å²) in [7, 11) is 1.60. The van der Waals surface area contributed by atoms with Gasteiger partial charge in [0.25, 0.3) is 0 Å². The summed E-state index contributed by atoms with van der Waals surface area (Å²) in [5.41, 5.74) is 2.18. The lowest BCUT2D eigenvalue weighted by atomic mass is 10.0. The molecule has 15 heavy (non-hydrogen) atoms. The molecule has 0 saturated heterocycles. The Morgan fingerprint density at radius 2 is 2.20 bits per heavy atom. The topological polar surface area (TPSA) is 46.5 Å². The van der Waals surface area contributed by atoms with E-state index in [0.717, 1.165) is 17.7 Å². The van der Waals surface area contributed by atoms with E-state index in [0.29, 0.717) is 6.42 Å². The van der Waals surface area contributed by atoms with E-state index in [1.165, 1.54) is 5.56 Å². The Morgan fingerprint density at radius 1 is 1.47 bits per heavy atom. The molecule has 0 unspecified atom stereocenters. The lowest BCUT2D eigenvalue weighted by Crippen LogP contribution is -2.00. The summed E-state index contributed by atoms with van der Waals surface area (Å²) in [5, 5.41) is 8.62. The van der Waals surface area contributed by atoms with Gasteiger partial charge in [0.05, 0.1) is 7.11 Å². The number of carboxylic acids is 1. The van der Waals surface area contributed by atoms with E-state index in [1.807, 2.05) is 18.2 Å². The molecule has 0 heterocycles. The summed E-state index contributed by atoms with van der Waals surface area (Å²) >= 11 is 0. The van der Waals surface area contributed by atoms with Gasteiger partial charge < -0.3 is 9.84 Å². The third kappa shape index (κ3) is 3.27. The quantitative estimate of drug-likeness (QED) is 0.807. The number of aliphatic carboxylic acids is 1. The highest BCUT2D eigenvalue weighted by molar-refractivity contribution is 5.67.